The van der Waals surface area contributed by atoms with Crippen LogP contribution in [0.1, 0.15) is 35.7 Å². The molecule has 0 radical (unpaired) electrons. The van der Waals surface area contributed by atoms with Crippen LogP contribution in [0.5, 0.6) is 0 Å². The maximum Gasteiger partial charge on any atom is 0.337 e. The Hall–Kier alpha value is -1.75. The Kier molecular flexibility index (Phi) is 4.97. The van der Waals surface area contributed by atoms with Crippen molar-refractivity contribution in [2.45, 2.75) is 32.8 Å². The molecule has 100 valence electrons. The minimum absolute atomic E-state index is 0.119. The number of anilines is 2. The van der Waals surface area contributed by atoms with Gasteiger partial charge in [-0.3, -0.25) is 0 Å². The highest BCUT2D eigenvalue weighted by Crippen LogP contribution is 2.22. The second-order valence-corrected chi connectivity index (χ2v) is 4.48. The second-order valence-electron chi connectivity index (χ2n) is 4.48. The fraction of sp³-hybridized carbons (Fsp3) is 0.462. The predicted octanol–water partition coefficient (Wildman–Crippen LogP) is 1.85. The molecule has 1 unspecified atom stereocenters. The third-order valence-corrected chi connectivity index (χ3v) is 2.75. The van der Waals surface area contributed by atoms with Gasteiger partial charge in [0.05, 0.1) is 11.7 Å². The molecule has 0 aromatic heterocycles. The lowest BCUT2D eigenvalue weighted by Crippen LogP contribution is -2.09. The molecule has 1 rings (SSSR count). The van der Waals surface area contributed by atoms with E-state index in [-0.39, 0.29) is 11.7 Å². The third kappa shape index (κ3) is 3.92. The zero-order valence-electron chi connectivity index (χ0n) is 10.7. The van der Waals surface area contributed by atoms with Crippen molar-refractivity contribution in [2.75, 3.05) is 17.6 Å². The Morgan fingerprint density at radius 3 is 2.72 bits per heavy atom. The van der Waals surface area contributed by atoms with Gasteiger partial charge in [-0.1, -0.05) is 0 Å². The summed E-state index contributed by atoms with van der Waals surface area (Å²) in [7, 11) is 0. The molecule has 0 spiro atoms. The van der Waals surface area contributed by atoms with Gasteiger partial charge in [0.15, 0.2) is 0 Å². The van der Waals surface area contributed by atoms with Crippen LogP contribution >= 0.6 is 0 Å². The van der Waals surface area contributed by atoms with E-state index in [1.165, 1.54) is 6.07 Å². The molecule has 0 heterocycles. The van der Waals surface area contributed by atoms with Crippen LogP contribution in [0.3, 0.4) is 0 Å². The van der Waals surface area contributed by atoms with Crippen molar-refractivity contribution in [1.82, 2.24) is 0 Å². The molecule has 5 heteroatoms. The SMILES string of the molecule is Cc1cc(NCCCC(C)O)cc(C(=O)O)c1N. The number of nitrogens with two attached hydrogens (primary N) is 1. The lowest BCUT2D eigenvalue weighted by atomic mass is 10.1. The quantitative estimate of drug-likeness (QED) is 0.458. The van der Waals surface area contributed by atoms with Gasteiger partial charge in [-0.05, 0) is 44.4 Å². The highest BCUT2D eigenvalue weighted by molar-refractivity contribution is 5.95. The van der Waals surface area contributed by atoms with E-state index in [9.17, 15) is 4.79 Å². The minimum Gasteiger partial charge on any atom is -0.478 e. The van der Waals surface area contributed by atoms with Crippen LogP contribution in [0.2, 0.25) is 0 Å². The highest BCUT2D eigenvalue weighted by Gasteiger charge is 2.11. The number of carboxylic acid groups (broad SMARTS) is 1. The smallest absolute Gasteiger partial charge is 0.337 e. The highest BCUT2D eigenvalue weighted by atomic mass is 16.4. The van der Waals surface area contributed by atoms with Gasteiger partial charge >= 0.3 is 5.97 Å². The van der Waals surface area contributed by atoms with Crippen LogP contribution < -0.4 is 11.1 Å². The lowest BCUT2D eigenvalue weighted by Gasteiger charge is -2.11. The molecular formula is C13H20N2O3. The van der Waals surface area contributed by atoms with Crippen molar-refractivity contribution in [1.29, 1.82) is 0 Å². The van der Waals surface area contributed by atoms with Crippen LogP contribution in [0.25, 0.3) is 0 Å². The molecule has 0 amide bonds. The molecule has 1 atom stereocenters. The zero-order valence-corrected chi connectivity index (χ0v) is 10.7. The summed E-state index contributed by atoms with van der Waals surface area (Å²) in [5.41, 5.74) is 7.61. The first-order chi connectivity index (χ1) is 8.41. The number of benzene rings is 1. The van der Waals surface area contributed by atoms with Crippen LogP contribution in [-0.2, 0) is 0 Å². The lowest BCUT2D eigenvalue weighted by molar-refractivity contribution is 0.0698. The molecule has 0 aliphatic rings. The summed E-state index contributed by atoms with van der Waals surface area (Å²) in [6.45, 7) is 4.21. The number of hydrogen-bond donors (Lipinski definition) is 4. The Morgan fingerprint density at radius 1 is 1.50 bits per heavy atom. The monoisotopic (exact) mass is 252 g/mol. The van der Waals surface area contributed by atoms with Crippen molar-refractivity contribution in [2.24, 2.45) is 0 Å². The van der Waals surface area contributed by atoms with E-state index in [1.54, 1.807) is 13.8 Å². The maximum absolute atomic E-state index is 11.0. The average Bonchev–Trinajstić information content (AvgIpc) is 2.28. The Balaban J connectivity index is 2.69. The number of carboxylic acids is 1. The first-order valence-corrected chi connectivity index (χ1v) is 5.97. The van der Waals surface area contributed by atoms with Crippen molar-refractivity contribution >= 4 is 17.3 Å². The van der Waals surface area contributed by atoms with Gasteiger partial charge in [-0.25, -0.2) is 4.79 Å². The van der Waals surface area contributed by atoms with Gasteiger partial charge in [-0.15, -0.1) is 0 Å². The Labute approximate surface area is 107 Å². The van der Waals surface area contributed by atoms with Crippen LogP contribution in [0, 0.1) is 6.92 Å². The molecule has 1 aromatic rings. The van der Waals surface area contributed by atoms with Gasteiger partial charge in [0.2, 0.25) is 0 Å². The summed E-state index contributed by atoms with van der Waals surface area (Å²) in [6, 6.07) is 3.36. The molecule has 5 N–H and O–H groups in total. The molecular weight excluding hydrogens is 232 g/mol. The van der Waals surface area contributed by atoms with E-state index in [0.29, 0.717) is 18.7 Å². The molecule has 0 fully saturated rings. The number of nitrogens with one attached hydrogen (secondary N) is 1. The van der Waals surface area contributed by atoms with E-state index in [4.69, 9.17) is 15.9 Å². The molecule has 18 heavy (non-hydrogen) atoms. The zero-order chi connectivity index (χ0) is 13.7. The standard InChI is InChI=1S/C13H20N2O3/c1-8-6-10(15-5-3-4-9(2)16)7-11(12(8)14)13(17)18/h6-7,9,15-16H,3-5,14H2,1-2H3,(H,17,18). The molecule has 0 saturated heterocycles. The maximum atomic E-state index is 11.0. The van der Waals surface area contributed by atoms with Crippen molar-refractivity contribution in [3.05, 3.63) is 23.3 Å². The number of aromatic carboxylic acids is 1. The molecule has 0 saturated carbocycles. The first-order valence-electron chi connectivity index (χ1n) is 5.97. The molecule has 0 aliphatic carbocycles. The molecule has 0 aliphatic heterocycles. The summed E-state index contributed by atoms with van der Waals surface area (Å²) in [5, 5.41) is 21.3. The van der Waals surface area contributed by atoms with Gasteiger partial charge in [0.25, 0.3) is 0 Å². The van der Waals surface area contributed by atoms with Crippen molar-refractivity contribution < 1.29 is 15.0 Å². The number of carbonyl (C=O) groups is 1. The largest absolute Gasteiger partial charge is 0.478 e. The molecule has 1 aromatic carbocycles. The summed E-state index contributed by atoms with van der Waals surface area (Å²) in [5.74, 6) is -1.02. The first kappa shape index (κ1) is 14.3. The third-order valence-electron chi connectivity index (χ3n) is 2.75. The van der Waals surface area contributed by atoms with Gasteiger partial charge < -0.3 is 21.3 Å². The average molecular weight is 252 g/mol. The summed E-state index contributed by atoms with van der Waals surface area (Å²) in [4.78, 5) is 11.0. The number of nitrogen functional groups attached to an aromatic ring is 1. The topological polar surface area (TPSA) is 95.6 Å². The molecule has 0 bridgehead atoms. The number of aliphatic hydroxyl groups is 1. The fourth-order valence-corrected chi connectivity index (χ4v) is 1.71. The summed E-state index contributed by atoms with van der Waals surface area (Å²) < 4.78 is 0. The second kappa shape index (κ2) is 6.26. The Morgan fingerprint density at radius 2 is 2.17 bits per heavy atom. The van der Waals surface area contributed by atoms with E-state index in [1.807, 2.05) is 6.07 Å². The van der Waals surface area contributed by atoms with E-state index >= 15 is 0 Å². The Bertz CT molecular complexity index is 430. The number of hydrogen-bond acceptors (Lipinski definition) is 4. The van der Waals surface area contributed by atoms with Gasteiger partial charge in [0, 0.05) is 17.9 Å². The van der Waals surface area contributed by atoms with Gasteiger partial charge in [0.1, 0.15) is 0 Å². The summed E-state index contributed by atoms with van der Waals surface area (Å²) in [6.07, 6.45) is 1.23. The van der Waals surface area contributed by atoms with E-state index in [0.717, 1.165) is 17.7 Å². The van der Waals surface area contributed by atoms with Crippen molar-refractivity contribution in [3.8, 4) is 0 Å². The fourth-order valence-electron chi connectivity index (χ4n) is 1.71. The van der Waals surface area contributed by atoms with E-state index in [2.05, 4.69) is 5.32 Å². The number of rotatable bonds is 6. The normalized spacial score (nSPS) is 12.2. The molecule has 5 nitrogen and oxygen atoms in total. The van der Waals surface area contributed by atoms with Crippen molar-refractivity contribution in [3.63, 3.8) is 0 Å². The van der Waals surface area contributed by atoms with Crippen LogP contribution in [0.15, 0.2) is 12.1 Å². The summed E-state index contributed by atoms with van der Waals surface area (Å²) >= 11 is 0. The minimum atomic E-state index is -1.02. The van der Waals surface area contributed by atoms with Gasteiger partial charge in [-0.2, -0.15) is 0 Å². The number of aliphatic hydroxyl groups excluding tert-OH is 1. The van der Waals surface area contributed by atoms with E-state index < -0.39 is 5.97 Å². The number of aryl methyl sites for hydroxylation is 1. The van der Waals surface area contributed by atoms with Crippen LogP contribution in [0.4, 0.5) is 11.4 Å². The van der Waals surface area contributed by atoms with Crippen LogP contribution in [-0.4, -0.2) is 28.8 Å². The predicted molar refractivity (Wildman–Crippen MR) is 72.0 cm³/mol.